The summed E-state index contributed by atoms with van der Waals surface area (Å²) in [5.41, 5.74) is 1.94. The molecule has 18 heavy (non-hydrogen) atoms. The Hall–Kier alpha value is -2.23. The lowest BCUT2D eigenvalue weighted by atomic mass is 10.0. The van der Waals surface area contributed by atoms with E-state index >= 15 is 0 Å². The van der Waals surface area contributed by atoms with Crippen LogP contribution >= 0.6 is 0 Å². The second-order valence-electron chi connectivity index (χ2n) is 4.02. The maximum atomic E-state index is 12.9. The lowest BCUT2D eigenvalue weighted by Crippen LogP contribution is -1.91. The normalized spacial score (nSPS) is 11.3. The Morgan fingerprint density at radius 1 is 1.11 bits per heavy atom. The van der Waals surface area contributed by atoms with Gasteiger partial charge in [0.1, 0.15) is 0 Å². The van der Waals surface area contributed by atoms with Crippen molar-refractivity contribution < 1.29 is 8.78 Å². The highest BCUT2D eigenvalue weighted by Crippen LogP contribution is 2.30. The van der Waals surface area contributed by atoms with Crippen LogP contribution in [0.1, 0.15) is 12.0 Å². The van der Waals surface area contributed by atoms with Gasteiger partial charge in [-0.25, -0.2) is 8.78 Å². The quantitative estimate of drug-likeness (QED) is 0.720. The summed E-state index contributed by atoms with van der Waals surface area (Å²) in [5.74, 6) is 0. The molecule has 1 aromatic carbocycles. The number of aromatic nitrogens is 2. The number of H-pyrrole nitrogens is 1. The minimum Gasteiger partial charge on any atom is -0.361 e. The molecule has 0 saturated heterocycles. The van der Waals surface area contributed by atoms with Gasteiger partial charge in [-0.05, 0) is 12.1 Å². The van der Waals surface area contributed by atoms with E-state index in [-0.39, 0.29) is 5.56 Å². The van der Waals surface area contributed by atoms with Crippen LogP contribution in [0.4, 0.5) is 8.78 Å². The van der Waals surface area contributed by atoms with Gasteiger partial charge in [0.2, 0.25) is 0 Å². The van der Waals surface area contributed by atoms with Crippen LogP contribution in [0, 0.1) is 0 Å². The summed E-state index contributed by atoms with van der Waals surface area (Å²) in [6.07, 6.45) is 0.987. The first-order valence-electron chi connectivity index (χ1n) is 5.56. The van der Waals surface area contributed by atoms with Crippen LogP contribution in [0.25, 0.3) is 22.2 Å². The molecule has 0 aliphatic heterocycles. The Bertz CT molecular complexity index is 689. The molecule has 3 rings (SSSR count). The molecule has 4 heteroatoms. The van der Waals surface area contributed by atoms with E-state index in [0.29, 0.717) is 11.3 Å². The van der Waals surface area contributed by atoms with Gasteiger partial charge in [-0.1, -0.05) is 24.3 Å². The average molecular weight is 244 g/mol. The van der Waals surface area contributed by atoms with Gasteiger partial charge in [-0.15, -0.1) is 0 Å². The van der Waals surface area contributed by atoms with Crippen molar-refractivity contribution in [3.05, 3.63) is 54.4 Å². The number of aromatic amines is 1. The minimum atomic E-state index is -2.50. The molecule has 0 amide bonds. The highest BCUT2D eigenvalue weighted by Gasteiger charge is 2.14. The average Bonchev–Trinajstić information content (AvgIpc) is 2.85. The Kier molecular flexibility index (Phi) is 2.55. The number of hydrogen-bond acceptors (Lipinski definition) is 1. The van der Waals surface area contributed by atoms with Crippen LogP contribution in [-0.4, -0.2) is 9.97 Å². The first kappa shape index (κ1) is 10.9. The first-order chi connectivity index (χ1) is 8.75. The summed E-state index contributed by atoms with van der Waals surface area (Å²) < 4.78 is 25.9. The minimum absolute atomic E-state index is 0.0101. The number of nitrogens with zero attached hydrogens (tertiary/aromatic N) is 1. The van der Waals surface area contributed by atoms with E-state index in [1.54, 1.807) is 36.7 Å². The third kappa shape index (κ3) is 1.76. The number of halogens is 2. The molecule has 0 aliphatic carbocycles. The van der Waals surface area contributed by atoms with Gasteiger partial charge in [0, 0.05) is 34.4 Å². The van der Waals surface area contributed by atoms with Crippen molar-refractivity contribution in [2.24, 2.45) is 0 Å². The fourth-order valence-electron chi connectivity index (χ4n) is 2.01. The molecule has 0 aliphatic rings. The van der Waals surface area contributed by atoms with E-state index < -0.39 is 6.43 Å². The van der Waals surface area contributed by atoms with E-state index in [0.717, 1.165) is 10.9 Å². The molecule has 0 unspecified atom stereocenters. The molecular formula is C14H10F2N2. The van der Waals surface area contributed by atoms with Crippen molar-refractivity contribution in [1.82, 2.24) is 9.97 Å². The second-order valence-corrected chi connectivity index (χ2v) is 4.02. The molecular weight excluding hydrogens is 234 g/mol. The second kappa shape index (κ2) is 4.22. The van der Waals surface area contributed by atoms with Crippen molar-refractivity contribution in [2.75, 3.05) is 0 Å². The molecule has 0 saturated carbocycles. The standard InChI is InChI=1S/C14H10F2N2/c15-14(16)11-4-2-1-3-10(11)13-7-12-9(8-18-13)5-6-17-12/h1-8,14,17H. The number of alkyl halides is 2. The fourth-order valence-corrected chi connectivity index (χ4v) is 2.01. The van der Waals surface area contributed by atoms with Crippen LogP contribution in [0.15, 0.2) is 48.8 Å². The highest BCUT2D eigenvalue weighted by atomic mass is 19.3. The highest BCUT2D eigenvalue weighted by molar-refractivity contribution is 5.82. The Balaban J connectivity index is 2.19. The summed E-state index contributed by atoms with van der Waals surface area (Å²) in [4.78, 5) is 7.29. The molecule has 0 atom stereocenters. The maximum absolute atomic E-state index is 12.9. The van der Waals surface area contributed by atoms with Crippen LogP contribution < -0.4 is 0 Å². The number of nitrogens with one attached hydrogen (secondary N) is 1. The van der Waals surface area contributed by atoms with Crippen LogP contribution in [-0.2, 0) is 0 Å². The summed E-state index contributed by atoms with van der Waals surface area (Å²) >= 11 is 0. The zero-order chi connectivity index (χ0) is 12.5. The Morgan fingerprint density at radius 3 is 2.78 bits per heavy atom. The lowest BCUT2D eigenvalue weighted by molar-refractivity contribution is 0.152. The van der Waals surface area contributed by atoms with Gasteiger partial charge >= 0.3 is 0 Å². The van der Waals surface area contributed by atoms with Crippen LogP contribution in [0.2, 0.25) is 0 Å². The Morgan fingerprint density at radius 2 is 1.94 bits per heavy atom. The van der Waals surface area contributed by atoms with Crippen molar-refractivity contribution in [3.63, 3.8) is 0 Å². The third-order valence-corrected chi connectivity index (χ3v) is 2.91. The lowest BCUT2D eigenvalue weighted by Gasteiger charge is -2.07. The third-order valence-electron chi connectivity index (χ3n) is 2.91. The summed E-state index contributed by atoms with van der Waals surface area (Å²) in [5, 5.41) is 0.966. The van der Waals surface area contributed by atoms with Gasteiger partial charge in [0.15, 0.2) is 0 Å². The largest absolute Gasteiger partial charge is 0.361 e. The molecule has 2 nitrogen and oxygen atoms in total. The van der Waals surface area contributed by atoms with Gasteiger partial charge < -0.3 is 4.98 Å². The molecule has 90 valence electrons. The van der Waals surface area contributed by atoms with E-state index in [2.05, 4.69) is 9.97 Å². The number of fused-ring (bicyclic) bond motifs is 1. The molecule has 2 aromatic heterocycles. The number of pyridine rings is 1. The van der Waals surface area contributed by atoms with Gasteiger partial charge in [0.05, 0.1) is 5.69 Å². The fraction of sp³-hybridized carbons (Fsp3) is 0.0714. The molecule has 1 N–H and O–H groups in total. The van der Waals surface area contributed by atoms with Crippen molar-refractivity contribution in [3.8, 4) is 11.3 Å². The number of rotatable bonds is 2. The topological polar surface area (TPSA) is 28.7 Å². The van der Waals surface area contributed by atoms with Crippen molar-refractivity contribution in [2.45, 2.75) is 6.43 Å². The molecule has 0 bridgehead atoms. The van der Waals surface area contributed by atoms with E-state index in [1.165, 1.54) is 6.07 Å². The smallest absolute Gasteiger partial charge is 0.264 e. The van der Waals surface area contributed by atoms with Crippen LogP contribution in [0.5, 0.6) is 0 Å². The monoisotopic (exact) mass is 244 g/mol. The van der Waals surface area contributed by atoms with Gasteiger partial charge in [-0.2, -0.15) is 0 Å². The van der Waals surface area contributed by atoms with Crippen LogP contribution in [0.3, 0.4) is 0 Å². The van der Waals surface area contributed by atoms with E-state index in [9.17, 15) is 8.78 Å². The van der Waals surface area contributed by atoms with Gasteiger partial charge in [0.25, 0.3) is 6.43 Å². The van der Waals surface area contributed by atoms with E-state index in [1.807, 2.05) is 6.07 Å². The summed E-state index contributed by atoms with van der Waals surface area (Å²) in [6.45, 7) is 0. The first-order valence-corrected chi connectivity index (χ1v) is 5.56. The number of benzene rings is 1. The molecule has 3 aromatic rings. The van der Waals surface area contributed by atoms with Crippen molar-refractivity contribution >= 4 is 10.9 Å². The predicted molar refractivity (Wildman–Crippen MR) is 66.5 cm³/mol. The van der Waals surface area contributed by atoms with Crippen molar-refractivity contribution in [1.29, 1.82) is 0 Å². The molecule has 0 radical (unpaired) electrons. The molecule has 0 fully saturated rings. The Labute approximate surface area is 102 Å². The maximum Gasteiger partial charge on any atom is 0.264 e. The zero-order valence-electron chi connectivity index (χ0n) is 9.40. The van der Waals surface area contributed by atoms with E-state index in [4.69, 9.17) is 0 Å². The summed E-state index contributed by atoms with van der Waals surface area (Å²) in [7, 11) is 0. The molecule has 2 heterocycles. The predicted octanol–water partition coefficient (Wildman–Crippen LogP) is 4.17. The number of hydrogen-bond donors (Lipinski definition) is 1. The van der Waals surface area contributed by atoms with Gasteiger partial charge in [-0.3, -0.25) is 4.98 Å². The summed E-state index contributed by atoms with van der Waals surface area (Å²) in [6, 6.07) is 10.1. The zero-order valence-corrected chi connectivity index (χ0v) is 9.40. The molecule has 0 spiro atoms. The SMILES string of the molecule is FC(F)c1ccccc1-c1cc2[nH]ccc2cn1.